The van der Waals surface area contributed by atoms with E-state index in [9.17, 15) is 19.5 Å². The summed E-state index contributed by atoms with van der Waals surface area (Å²) in [6.07, 6.45) is -0.675. The summed E-state index contributed by atoms with van der Waals surface area (Å²) < 4.78 is 5.54. The normalized spacial score (nSPS) is 12.6. The van der Waals surface area contributed by atoms with Gasteiger partial charge in [0.2, 0.25) is 0 Å². The van der Waals surface area contributed by atoms with Crippen LogP contribution in [0.25, 0.3) is 22.3 Å². The highest BCUT2D eigenvalue weighted by Crippen LogP contribution is 2.44. The first kappa shape index (κ1) is 27.6. The van der Waals surface area contributed by atoms with Gasteiger partial charge in [-0.15, -0.1) is 0 Å². The molecule has 208 valence electrons. The number of hydrogen-bond acceptors (Lipinski definition) is 5. The van der Waals surface area contributed by atoms with E-state index < -0.39 is 18.1 Å². The summed E-state index contributed by atoms with van der Waals surface area (Å²) in [6, 6.07) is 29.5. The second kappa shape index (κ2) is 12.5. The number of carboxylic acid groups (broad SMARTS) is 1. The quantitative estimate of drug-likeness (QED) is 0.229. The third-order valence-electron chi connectivity index (χ3n) is 7.24. The lowest BCUT2D eigenvalue weighted by atomic mass is 9.98. The molecule has 0 unspecified atom stereocenters. The van der Waals surface area contributed by atoms with E-state index >= 15 is 0 Å². The molecular weight excluding hydrogens is 518 g/mol. The number of ether oxygens (including phenoxy) is 1. The molecule has 0 aromatic heterocycles. The summed E-state index contributed by atoms with van der Waals surface area (Å²) in [4.78, 5) is 36.7. The molecule has 4 aromatic rings. The van der Waals surface area contributed by atoms with Crippen molar-refractivity contribution in [3.63, 3.8) is 0 Å². The second-order valence-electron chi connectivity index (χ2n) is 9.88. The third kappa shape index (κ3) is 6.28. The average molecular weight is 550 g/mol. The number of nitrogens with one attached hydrogen (secondary N) is 2. The fourth-order valence-corrected chi connectivity index (χ4v) is 5.15. The first-order valence-electron chi connectivity index (χ1n) is 13.5. The predicted octanol–water partition coefficient (Wildman–Crippen LogP) is 4.58. The molecule has 5 N–H and O–H groups in total. The Balaban J connectivity index is 1.19. The molecule has 0 saturated heterocycles. The molecule has 4 aromatic carbocycles. The maximum Gasteiger partial charge on any atom is 0.407 e. The number of nitrogens with two attached hydrogens (primary N) is 1. The van der Waals surface area contributed by atoms with E-state index in [2.05, 4.69) is 22.8 Å². The Morgan fingerprint density at radius 2 is 1.37 bits per heavy atom. The van der Waals surface area contributed by atoms with Gasteiger partial charge in [-0.1, -0.05) is 84.9 Å². The van der Waals surface area contributed by atoms with E-state index in [0.29, 0.717) is 18.7 Å². The Labute approximate surface area is 238 Å². The summed E-state index contributed by atoms with van der Waals surface area (Å²) in [5, 5.41) is 15.0. The first-order chi connectivity index (χ1) is 19.9. The molecule has 0 bridgehead atoms. The number of carbonyl (C=O) groups is 3. The number of fused-ring (bicyclic) bond motifs is 3. The van der Waals surface area contributed by atoms with Crippen molar-refractivity contribution in [1.29, 1.82) is 0 Å². The van der Waals surface area contributed by atoms with Crippen molar-refractivity contribution in [2.45, 2.75) is 18.4 Å². The van der Waals surface area contributed by atoms with Gasteiger partial charge in [0.15, 0.2) is 0 Å². The van der Waals surface area contributed by atoms with E-state index in [1.54, 1.807) is 12.1 Å². The minimum Gasteiger partial charge on any atom is -0.480 e. The standard InChI is InChI=1S/C33H31N3O5/c34-17-18-35-31(37)24-15-13-23(14-16-24)22-11-9-21(10-12-22)19-30(32(38)39)36-33(40)41-20-29-27-7-3-1-5-25(27)26-6-2-4-8-28(26)29/h1-16,29-30H,17-20,34H2,(H,35,37)(H,36,40)(H,38,39)/t30-/m0/s1. The van der Waals surface area contributed by atoms with Crippen LogP contribution in [0.15, 0.2) is 97.1 Å². The average Bonchev–Trinajstić information content (AvgIpc) is 3.32. The summed E-state index contributed by atoms with van der Waals surface area (Å²) in [5.74, 6) is -1.44. The van der Waals surface area contributed by atoms with Crippen LogP contribution in [0.5, 0.6) is 0 Å². The molecule has 8 heteroatoms. The van der Waals surface area contributed by atoms with E-state index in [1.807, 2.05) is 72.8 Å². The van der Waals surface area contributed by atoms with Gasteiger partial charge in [-0.25, -0.2) is 9.59 Å². The van der Waals surface area contributed by atoms with Gasteiger partial charge in [-0.2, -0.15) is 0 Å². The van der Waals surface area contributed by atoms with Crippen molar-refractivity contribution in [1.82, 2.24) is 10.6 Å². The monoisotopic (exact) mass is 549 g/mol. The molecule has 1 aliphatic rings. The smallest absolute Gasteiger partial charge is 0.407 e. The van der Waals surface area contributed by atoms with Gasteiger partial charge in [0.25, 0.3) is 5.91 Å². The number of rotatable bonds is 10. The molecule has 1 atom stereocenters. The third-order valence-corrected chi connectivity index (χ3v) is 7.24. The van der Waals surface area contributed by atoms with Crippen LogP contribution in [-0.2, 0) is 16.0 Å². The highest BCUT2D eigenvalue weighted by Gasteiger charge is 2.29. The topological polar surface area (TPSA) is 131 Å². The van der Waals surface area contributed by atoms with Crippen molar-refractivity contribution in [2.24, 2.45) is 5.73 Å². The minimum atomic E-state index is -1.15. The highest BCUT2D eigenvalue weighted by molar-refractivity contribution is 5.94. The Morgan fingerprint density at radius 3 is 1.93 bits per heavy atom. The molecule has 2 amide bonds. The fraction of sp³-hybridized carbons (Fsp3) is 0.182. The number of alkyl carbamates (subject to hydrolysis) is 1. The van der Waals surface area contributed by atoms with Crippen LogP contribution in [0, 0.1) is 0 Å². The van der Waals surface area contributed by atoms with Crippen molar-refractivity contribution < 1.29 is 24.2 Å². The number of hydrogen-bond donors (Lipinski definition) is 4. The van der Waals surface area contributed by atoms with Gasteiger partial charge in [-0.3, -0.25) is 4.79 Å². The molecule has 0 radical (unpaired) electrons. The van der Waals surface area contributed by atoms with Crippen molar-refractivity contribution in [2.75, 3.05) is 19.7 Å². The molecule has 1 aliphatic carbocycles. The second-order valence-corrected chi connectivity index (χ2v) is 9.88. The predicted molar refractivity (Wildman–Crippen MR) is 157 cm³/mol. The summed E-state index contributed by atoms with van der Waals surface area (Å²) >= 11 is 0. The zero-order chi connectivity index (χ0) is 28.8. The number of amides is 2. The van der Waals surface area contributed by atoms with E-state index in [4.69, 9.17) is 10.5 Å². The van der Waals surface area contributed by atoms with Gasteiger partial charge in [0, 0.05) is 31.0 Å². The Morgan fingerprint density at radius 1 is 0.805 bits per heavy atom. The molecular formula is C33H31N3O5. The van der Waals surface area contributed by atoms with Crippen molar-refractivity contribution >= 4 is 18.0 Å². The van der Waals surface area contributed by atoms with Gasteiger partial charge in [0.1, 0.15) is 12.6 Å². The lowest BCUT2D eigenvalue weighted by molar-refractivity contribution is -0.139. The number of carboxylic acids is 1. The van der Waals surface area contributed by atoms with E-state index in [1.165, 1.54) is 0 Å². The van der Waals surface area contributed by atoms with E-state index in [-0.39, 0.29) is 24.9 Å². The maximum absolute atomic E-state index is 12.7. The van der Waals surface area contributed by atoms with Gasteiger partial charge in [0.05, 0.1) is 0 Å². The lowest BCUT2D eigenvalue weighted by Gasteiger charge is -2.17. The summed E-state index contributed by atoms with van der Waals surface area (Å²) in [5.41, 5.74) is 13.0. The molecule has 0 saturated carbocycles. The molecule has 41 heavy (non-hydrogen) atoms. The SMILES string of the molecule is NCCNC(=O)c1ccc(-c2ccc(C[C@H](NC(=O)OCC3c4ccccc4-c4ccccc43)C(=O)O)cc2)cc1. The Hall–Kier alpha value is -4.95. The number of benzene rings is 4. The molecule has 0 fully saturated rings. The largest absolute Gasteiger partial charge is 0.480 e. The number of aliphatic carboxylic acids is 1. The van der Waals surface area contributed by atoms with Crippen LogP contribution in [0.1, 0.15) is 33.0 Å². The summed E-state index contributed by atoms with van der Waals surface area (Å²) in [7, 11) is 0. The fourth-order valence-electron chi connectivity index (χ4n) is 5.15. The molecule has 0 aliphatic heterocycles. The molecule has 0 heterocycles. The van der Waals surface area contributed by atoms with Crippen molar-refractivity contribution in [3.05, 3.63) is 119 Å². The zero-order valence-electron chi connectivity index (χ0n) is 22.4. The van der Waals surface area contributed by atoms with Crippen LogP contribution in [0.2, 0.25) is 0 Å². The highest BCUT2D eigenvalue weighted by atomic mass is 16.5. The molecule has 0 spiro atoms. The van der Waals surface area contributed by atoms with Gasteiger partial charge >= 0.3 is 12.1 Å². The van der Waals surface area contributed by atoms with Crippen LogP contribution in [0.4, 0.5) is 4.79 Å². The van der Waals surface area contributed by atoms with Crippen molar-refractivity contribution in [3.8, 4) is 22.3 Å². The maximum atomic E-state index is 12.7. The Kier molecular flexibility index (Phi) is 8.41. The molecule has 5 rings (SSSR count). The lowest BCUT2D eigenvalue weighted by Crippen LogP contribution is -2.42. The van der Waals surface area contributed by atoms with Gasteiger partial charge < -0.3 is 26.2 Å². The minimum absolute atomic E-state index is 0.0973. The zero-order valence-corrected chi connectivity index (χ0v) is 22.4. The van der Waals surface area contributed by atoms with Crippen LogP contribution >= 0.6 is 0 Å². The Bertz CT molecular complexity index is 1500. The van der Waals surface area contributed by atoms with E-state index in [0.717, 1.165) is 38.9 Å². The van der Waals surface area contributed by atoms with Crippen LogP contribution in [-0.4, -0.2) is 48.8 Å². The summed E-state index contributed by atoms with van der Waals surface area (Å²) in [6.45, 7) is 0.893. The van der Waals surface area contributed by atoms with Gasteiger partial charge in [-0.05, 0) is 51.1 Å². The number of carbonyl (C=O) groups excluding carboxylic acids is 2. The molecule has 8 nitrogen and oxygen atoms in total. The van der Waals surface area contributed by atoms with Crippen LogP contribution in [0.3, 0.4) is 0 Å². The first-order valence-corrected chi connectivity index (χ1v) is 13.5. The van der Waals surface area contributed by atoms with Crippen LogP contribution < -0.4 is 16.4 Å².